The molecule has 2 amide bonds. The van der Waals surface area contributed by atoms with Gasteiger partial charge in [0.15, 0.2) is 0 Å². The Morgan fingerprint density at radius 1 is 1.09 bits per heavy atom. The minimum absolute atomic E-state index is 0.0276. The van der Waals surface area contributed by atoms with Crippen LogP contribution in [0.3, 0.4) is 0 Å². The number of halogens is 2. The molecule has 0 saturated heterocycles. The molecule has 1 N–H and O–H groups in total. The minimum Gasteiger partial charge on any atom is -0.352 e. The van der Waals surface area contributed by atoms with Crippen molar-refractivity contribution < 1.29 is 22.4 Å². The number of carbonyl (C=O) groups is 2. The van der Waals surface area contributed by atoms with Crippen LogP contribution in [-0.2, 0) is 26.2 Å². The monoisotopic (exact) mass is 523 g/mol. The Morgan fingerprint density at radius 3 is 2.34 bits per heavy atom. The van der Waals surface area contributed by atoms with Crippen molar-refractivity contribution in [2.45, 2.75) is 57.7 Å². The van der Waals surface area contributed by atoms with E-state index in [4.69, 9.17) is 11.6 Å². The van der Waals surface area contributed by atoms with E-state index in [2.05, 4.69) is 5.32 Å². The van der Waals surface area contributed by atoms with E-state index in [1.807, 2.05) is 0 Å². The van der Waals surface area contributed by atoms with Crippen molar-refractivity contribution in [1.29, 1.82) is 0 Å². The van der Waals surface area contributed by atoms with Crippen molar-refractivity contribution in [3.05, 3.63) is 64.9 Å². The molecule has 0 radical (unpaired) electrons. The van der Waals surface area contributed by atoms with Gasteiger partial charge in [-0.3, -0.25) is 13.9 Å². The number of para-hydroxylation sites is 1. The molecule has 2 aromatic rings. The van der Waals surface area contributed by atoms with Crippen LogP contribution >= 0.6 is 11.6 Å². The first kappa shape index (κ1) is 26.9. The van der Waals surface area contributed by atoms with Crippen molar-refractivity contribution in [2.24, 2.45) is 0 Å². The van der Waals surface area contributed by atoms with Gasteiger partial charge < -0.3 is 10.2 Å². The van der Waals surface area contributed by atoms with Crippen LogP contribution in [0.2, 0.25) is 5.02 Å². The maximum Gasteiger partial charge on any atom is 0.244 e. The molecule has 0 aromatic heterocycles. The number of nitrogens with one attached hydrogen (secondary N) is 1. The molecule has 1 saturated carbocycles. The van der Waals surface area contributed by atoms with E-state index < -0.39 is 34.3 Å². The molecular formula is C25H31ClFN3O4S. The predicted molar refractivity (Wildman–Crippen MR) is 135 cm³/mol. The molecule has 190 valence electrons. The van der Waals surface area contributed by atoms with Gasteiger partial charge >= 0.3 is 0 Å². The molecular weight excluding hydrogens is 493 g/mol. The highest BCUT2D eigenvalue weighted by molar-refractivity contribution is 7.92. The summed E-state index contributed by atoms with van der Waals surface area (Å²) in [4.78, 5) is 27.8. The number of anilines is 1. The van der Waals surface area contributed by atoms with Gasteiger partial charge in [0.25, 0.3) is 0 Å². The number of amides is 2. The Morgan fingerprint density at radius 2 is 1.71 bits per heavy atom. The quantitative estimate of drug-likeness (QED) is 0.536. The lowest BCUT2D eigenvalue weighted by atomic mass is 9.95. The molecule has 0 unspecified atom stereocenters. The molecule has 1 aliphatic carbocycles. The molecule has 1 aliphatic rings. The molecule has 0 bridgehead atoms. The number of hydrogen-bond acceptors (Lipinski definition) is 4. The summed E-state index contributed by atoms with van der Waals surface area (Å²) in [5.74, 6) is -1.52. The third-order valence-corrected chi connectivity index (χ3v) is 7.66. The van der Waals surface area contributed by atoms with E-state index in [0.29, 0.717) is 0 Å². The maximum absolute atomic E-state index is 14.5. The van der Waals surface area contributed by atoms with E-state index in [9.17, 15) is 22.4 Å². The molecule has 0 aliphatic heterocycles. The van der Waals surface area contributed by atoms with Gasteiger partial charge in [-0.15, -0.1) is 0 Å². The molecule has 2 aromatic carbocycles. The fraction of sp³-hybridized carbons (Fsp3) is 0.440. The van der Waals surface area contributed by atoms with Gasteiger partial charge in [-0.05, 0) is 38.0 Å². The lowest BCUT2D eigenvalue weighted by Gasteiger charge is -2.33. The molecule has 7 nitrogen and oxygen atoms in total. The van der Waals surface area contributed by atoms with Gasteiger partial charge in [0.1, 0.15) is 18.4 Å². The first-order valence-electron chi connectivity index (χ1n) is 11.6. The zero-order chi connectivity index (χ0) is 25.6. The lowest BCUT2D eigenvalue weighted by Crippen LogP contribution is -2.53. The summed E-state index contributed by atoms with van der Waals surface area (Å²) in [5, 5.41) is 3.16. The largest absolute Gasteiger partial charge is 0.352 e. The number of rotatable bonds is 9. The van der Waals surface area contributed by atoms with Crippen LogP contribution in [0.1, 0.15) is 44.6 Å². The second kappa shape index (κ2) is 11.9. The Hall–Kier alpha value is -2.65. The summed E-state index contributed by atoms with van der Waals surface area (Å²) >= 11 is 6.22. The van der Waals surface area contributed by atoms with Gasteiger partial charge in [0, 0.05) is 18.2 Å². The normalized spacial score (nSPS) is 15.3. The molecule has 1 fully saturated rings. The smallest absolute Gasteiger partial charge is 0.244 e. The van der Waals surface area contributed by atoms with Gasteiger partial charge in [0.05, 0.1) is 17.0 Å². The molecule has 0 spiro atoms. The molecule has 1 atom stereocenters. The van der Waals surface area contributed by atoms with E-state index in [0.717, 1.165) is 42.7 Å². The average Bonchev–Trinajstić information content (AvgIpc) is 2.82. The van der Waals surface area contributed by atoms with Gasteiger partial charge in [-0.1, -0.05) is 61.2 Å². The van der Waals surface area contributed by atoms with Gasteiger partial charge in [-0.25, -0.2) is 12.8 Å². The van der Waals surface area contributed by atoms with Crippen LogP contribution in [0.15, 0.2) is 48.5 Å². The average molecular weight is 524 g/mol. The number of hydrogen-bond donors (Lipinski definition) is 1. The summed E-state index contributed by atoms with van der Waals surface area (Å²) < 4.78 is 40.5. The second-order valence-corrected chi connectivity index (χ2v) is 11.2. The van der Waals surface area contributed by atoms with Crippen LogP contribution in [0.5, 0.6) is 0 Å². The lowest BCUT2D eigenvalue weighted by molar-refractivity contribution is -0.139. The van der Waals surface area contributed by atoms with Crippen molar-refractivity contribution in [2.75, 3.05) is 17.1 Å². The molecule has 10 heteroatoms. The topological polar surface area (TPSA) is 86.8 Å². The van der Waals surface area contributed by atoms with Crippen LogP contribution in [-0.4, -0.2) is 50.0 Å². The first-order chi connectivity index (χ1) is 16.6. The fourth-order valence-corrected chi connectivity index (χ4v) is 5.36. The number of carbonyl (C=O) groups excluding carboxylic acids is 2. The molecule has 0 heterocycles. The van der Waals surface area contributed by atoms with Crippen LogP contribution < -0.4 is 9.62 Å². The minimum atomic E-state index is -3.89. The number of benzene rings is 2. The zero-order valence-corrected chi connectivity index (χ0v) is 21.5. The molecule has 3 rings (SSSR count). The second-order valence-electron chi connectivity index (χ2n) is 8.85. The molecule has 35 heavy (non-hydrogen) atoms. The predicted octanol–water partition coefficient (Wildman–Crippen LogP) is 4.11. The summed E-state index contributed by atoms with van der Waals surface area (Å²) in [6.45, 7) is 0.792. The standard InChI is InChI=1S/C25H31ClFN3O4S/c1-18(25(32)28-20-11-4-3-5-12-20)29(16-19-10-6-8-14-22(19)27)24(31)17-30(35(2,33)34)23-15-9-7-13-21(23)26/h6-10,13-15,18,20H,3-5,11-12,16-17H2,1-2H3,(H,28,32)/t18-/m0/s1. The van der Waals surface area contributed by atoms with Crippen LogP contribution in [0.4, 0.5) is 10.1 Å². The summed E-state index contributed by atoms with van der Waals surface area (Å²) in [6.07, 6.45) is 5.89. The SMILES string of the molecule is C[C@@H](C(=O)NC1CCCCC1)N(Cc1ccccc1F)C(=O)CN(c1ccccc1Cl)S(C)(=O)=O. The van der Waals surface area contributed by atoms with Crippen LogP contribution in [0.25, 0.3) is 0 Å². The summed E-state index contributed by atoms with van der Waals surface area (Å²) in [5.41, 5.74) is 0.372. The van der Waals surface area contributed by atoms with Gasteiger partial charge in [0.2, 0.25) is 21.8 Å². The highest BCUT2D eigenvalue weighted by Gasteiger charge is 2.32. The third kappa shape index (κ3) is 7.18. The van der Waals surface area contributed by atoms with Crippen molar-refractivity contribution >= 4 is 39.1 Å². The Kier molecular flexibility index (Phi) is 9.13. The number of nitrogens with zero attached hydrogens (tertiary/aromatic N) is 2. The fourth-order valence-electron chi connectivity index (χ4n) is 4.21. The van der Waals surface area contributed by atoms with Crippen molar-refractivity contribution in [3.8, 4) is 0 Å². The third-order valence-electron chi connectivity index (χ3n) is 6.22. The Bertz CT molecular complexity index is 1150. The van der Waals surface area contributed by atoms with Gasteiger partial charge in [-0.2, -0.15) is 0 Å². The summed E-state index contributed by atoms with van der Waals surface area (Å²) in [6, 6.07) is 11.3. The van der Waals surface area contributed by atoms with E-state index in [1.165, 1.54) is 35.2 Å². The number of sulfonamides is 1. The van der Waals surface area contributed by atoms with Crippen molar-refractivity contribution in [1.82, 2.24) is 10.2 Å². The Labute approximate surface area is 211 Å². The van der Waals surface area contributed by atoms with Crippen molar-refractivity contribution in [3.63, 3.8) is 0 Å². The highest BCUT2D eigenvalue weighted by atomic mass is 35.5. The Balaban J connectivity index is 1.89. The highest BCUT2D eigenvalue weighted by Crippen LogP contribution is 2.27. The van der Waals surface area contributed by atoms with E-state index >= 15 is 0 Å². The van der Waals surface area contributed by atoms with E-state index in [1.54, 1.807) is 25.1 Å². The maximum atomic E-state index is 14.5. The first-order valence-corrected chi connectivity index (χ1v) is 13.9. The van der Waals surface area contributed by atoms with Crippen LogP contribution in [0, 0.1) is 5.82 Å². The summed E-state index contributed by atoms with van der Waals surface area (Å²) in [7, 11) is -3.89. The van der Waals surface area contributed by atoms with E-state index in [-0.39, 0.29) is 34.8 Å². The zero-order valence-electron chi connectivity index (χ0n) is 19.9.